The summed E-state index contributed by atoms with van der Waals surface area (Å²) in [5.41, 5.74) is 1.32. The van der Waals surface area contributed by atoms with Gasteiger partial charge >= 0.3 is 5.97 Å². The number of thioether (sulfide) groups is 1. The maximum atomic E-state index is 13.6. The van der Waals surface area contributed by atoms with E-state index in [9.17, 15) is 14.0 Å². The van der Waals surface area contributed by atoms with Crippen LogP contribution in [0.4, 0.5) is 9.39 Å². The molecule has 0 aliphatic carbocycles. The number of halogens is 1. The van der Waals surface area contributed by atoms with Gasteiger partial charge in [0.2, 0.25) is 5.91 Å². The SMILES string of the molecule is CCOC(=O)c1c(NC(=O)CSc2ccccc2F)sc(C)c1CC. The number of hydrogen-bond donors (Lipinski definition) is 1. The second kappa shape index (κ2) is 9.01. The summed E-state index contributed by atoms with van der Waals surface area (Å²) < 4.78 is 18.7. The van der Waals surface area contributed by atoms with Crippen LogP contribution >= 0.6 is 23.1 Å². The molecular formula is C18H20FNO3S2. The molecule has 1 aromatic heterocycles. The standard InChI is InChI=1S/C18H20FNO3S2/c1-4-12-11(3)25-17(16(12)18(22)23-5-2)20-15(21)10-24-14-9-7-6-8-13(14)19/h6-9H,4-5,10H2,1-3H3,(H,20,21). The lowest BCUT2D eigenvalue weighted by atomic mass is 10.1. The molecule has 1 aromatic carbocycles. The summed E-state index contributed by atoms with van der Waals surface area (Å²) in [5.74, 6) is -1.02. The molecule has 1 heterocycles. The van der Waals surface area contributed by atoms with E-state index in [2.05, 4.69) is 5.32 Å². The molecule has 2 rings (SSSR count). The first-order valence-electron chi connectivity index (χ1n) is 7.94. The zero-order chi connectivity index (χ0) is 18.4. The number of amides is 1. The summed E-state index contributed by atoms with van der Waals surface area (Å²) in [6, 6.07) is 6.31. The molecule has 7 heteroatoms. The Bertz CT molecular complexity index is 774. The van der Waals surface area contributed by atoms with Crippen LogP contribution in [0, 0.1) is 12.7 Å². The number of aryl methyl sites for hydroxylation is 1. The molecule has 0 bridgehead atoms. The molecule has 2 aromatic rings. The van der Waals surface area contributed by atoms with Gasteiger partial charge in [0.1, 0.15) is 10.8 Å². The predicted molar refractivity (Wildman–Crippen MR) is 100 cm³/mol. The number of hydrogen-bond acceptors (Lipinski definition) is 5. The Kier molecular flexibility index (Phi) is 7.01. The first-order chi connectivity index (χ1) is 12.0. The van der Waals surface area contributed by atoms with Gasteiger partial charge in [0.25, 0.3) is 0 Å². The molecule has 0 aliphatic heterocycles. The summed E-state index contributed by atoms with van der Waals surface area (Å²) in [6.45, 7) is 5.88. The second-order valence-electron chi connectivity index (χ2n) is 5.18. The topological polar surface area (TPSA) is 55.4 Å². The lowest BCUT2D eigenvalue weighted by molar-refractivity contribution is -0.113. The van der Waals surface area contributed by atoms with Gasteiger partial charge in [-0.25, -0.2) is 9.18 Å². The Morgan fingerprint density at radius 1 is 1.28 bits per heavy atom. The summed E-state index contributed by atoms with van der Waals surface area (Å²) >= 11 is 2.47. The quantitative estimate of drug-likeness (QED) is 0.560. The Hall–Kier alpha value is -1.86. The third-order valence-corrected chi connectivity index (χ3v) is 5.60. The molecule has 0 fully saturated rings. The molecule has 134 valence electrons. The minimum absolute atomic E-state index is 0.0571. The normalized spacial score (nSPS) is 10.6. The highest BCUT2D eigenvalue weighted by molar-refractivity contribution is 8.00. The average molecular weight is 381 g/mol. The van der Waals surface area contributed by atoms with Crippen molar-refractivity contribution in [3.05, 3.63) is 46.1 Å². The molecule has 4 nitrogen and oxygen atoms in total. The number of rotatable bonds is 7. The molecule has 25 heavy (non-hydrogen) atoms. The van der Waals surface area contributed by atoms with Crippen molar-refractivity contribution in [2.75, 3.05) is 17.7 Å². The van der Waals surface area contributed by atoms with E-state index in [1.165, 1.54) is 17.4 Å². The zero-order valence-corrected chi connectivity index (χ0v) is 16.0. The van der Waals surface area contributed by atoms with E-state index in [4.69, 9.17) is 4.74 Å². The molecular weight excluding hydrogens is 361 g/mol. The van der Waals surface area contributed by atoms with Gasteiger partial charge in [-0.15, -0.1) is 23.1 Å². The van der Waals surface area contributed by atoms with E-state index in [1.807, 2.05) is 13.8 Å². The Labute approximate surface area is 154 Å². The van der Waals surface area contributed by atoms with Crippen molar-refractivity contribution in [1.29, 1.82) is 0 Å². The summed E-state index contributed by atoms with van der Waals surface area (Å²) in [4.78, 5) is 25.9. The van der Waals surface area contributed by atoms with Crippen molar-refractivity contribution in [3.63, 3.8) is 0 Å². The van der Waals surface area contributed by atoms with Crippen molar-refractivity contribution in [2.45, 2.75) is 32.1 Å². The first kappa shape index (κ1) is 19.5. The van der Waals surface area contributed by atoms with Gasteiger partial charge in [-0.3, -0.25) is 4.79 Å². The van der Waals surface area contributed by atoms with Gasteiger partial charge in [-0.2, -0.15) is 0 Å². The number of thiophene rings is 1. The molecule has 0 saturated carbocycles. The third kappa shape index (κ3) is 4.83. The number of esters is 1. The van der Waals surface area contributed by atoms with Crippen molar-refractivity contribution in [2.24, 2.45) is 0 Å². The number of benzene rings is 1. The molecule has 0 aliphatic rings. The molecule has 0 atom stereocenters. The number of carbonyl (C=O) groups is 2. The second-order valence-corrected chi connectivity index (χ2v) is 7.42. The minimum Gasteiger partial charge on any atom is -0.462 e. The highest BCUT2D eigenvalue weighted by atomic mass is 32.2. The lowest BCUT2D eigenvalue weighted by Crippen LogP contribution is -2.16. The zero-order valence-electron chi connectivity index (χ0n) is 14.3. The van der Waals surface area contributed by atoms with Gasteiger partial charge in [-0.05, 0) is 38.0 Å². The average Bonchev–Trinajstić information content (AvgIpc) is 2.89. The highest BCUT2D eigenvalue weighted by Crippen LogP contribution is 2.34. The van der Waals surface area contributed by atoms with Gasteiger partial charge in [0, 0.05) is 9.77 Å². The van der Waals surface area contributed by atoms with Crippen LogP contribution in [-0.2, 0) is 16.0 Å². The fraction of sp³-hybridized carbons (Fsp3) is 0.333. The highest BCUT2D eigenvalue weighted by Gasteiger charge is 2.23. The minimum atomic E-state index is -0.430. The van der Waals surface area contributed by atoms with Gasteiger partial charge in [0.15, 0.2) is 0 Å². The smallest absolute Gasteiger partial charge is 0.341 e. The van der Waals surface area contributed by atoms with E-state index >= 15 is 0 Å². The van der Waals surface area contributed by atoms with Crippen molar-refractivity contribution in [3.8, 4) is 0 Å². The van der Waals surface area contributed by atoms with Crippen LogP contribution in [0.15, 0.2) is 29.2 Å². The summed E-state index contributed by atoms with van der Waals surface area (Å²) in [7, 11) is 0. The third-order valence-electron chi connectivity index (χ3n) is 3.49. The van der Waals surface area contributed by atoms with Crippen LogP contribution < -0.4 is 5.32 Å². The van der Waals surface area contributed by atoms with Gasteiger partial charge in [-0.1, -0.05) is 19.1 Å². The molecule has 1 N–H and O–H groups in total. The molecule has 0 saturated heterocycles. The predicted octanol–water partition coefficient (Wildman–Crippen LogP) is 4.67. The molecule has 0 radical (unpaired) electrons. The van der Waals surface area contributed by atoms with Crippen LogP contribution in [-0.4, -0.2) is 24.2 Å². The van der Waals surface area contributed by atoms with Crippen molar-refractivity contribution >= 4 is 40.0 Å². The molecule has 0 spiro atoms. The van der Waals surface area contributed by atoms with E-state index in [1.54, 1.807) is 25.1 Å². The Morgan fingerprint density at radius 3 is 2.64 bits per heavy atom. The van der Waals surface area contributed by atoms with Crippen LogP contribution in [0.1, 0.15) is 34.6 Å². The van der Waals surface area contributed by atoms with Crippen molar-refractivity contribution < 1.29 is 18.7 Å². The van der Waals surface area contributed by atoms with Crippen LogP contribution in [0.2, 0.25) is 0 Å². The maximum absolute atomic E-state index is 13.6. The number of anilines is 1. The maximum Gasteiger partial charge on any atom is 0.341 e. The van der Waals surface area contributed by atoms with E-state index in [0.29, 0.717) is 21.9 Å². The summed E-state index contributed by atoms with van der Waals surface area (Å²) in [5, 5.41) is 3.26. The summed E-state index contributed by atoms with van der Waals surface area (Å²) in [6.07, 6.45) is 0.677. The van der Waals surface area contributed by atoms with Crippen LogP contribution in [0.25, 0.3) is 0 Å². The Morgan fingerprint density at radius 2 is 2.00 bits per heavy atom. The van der Waals surface area contributed by atoms with Gasteiger partial charge in [0.05, 0.1) is 17.9 Å². The molecule has 1 amide bonds. The monoisotopic (exact) mass is 381 g/mol. The number of carbonyl (C=O) groups excluding carboxylic acids is 2. The Balaban J connectivity index is 2.12. The molecule has 0 unspecified atom stereocenters. The van der Waals surface area contributed by atoms with Gasteiger partial charge < -0.3 is 10.1 Å². The van der Waals surface area contributed by atoms with Crippen LogP contribution in [0.3, 0.4) is 0 Å². The lowest BCUT2D eigenvalue weighted by Gasteiger charge is -2.08. The van der Waals surface area contributed by atoms with E-state index in [-0.39, 0.29) is 24.1 Å². The fourth-order valence-electron chi connectivity index (χ4n) is 2.38. The number of ether oxygens (including phenoxy) is 1. The van der Waals surface area contributed by atoms with Crippen LogP contribution in [0.5, 0.6) is 0 Å². The van der Waals surface area contributed by atoms with E-state index < -0.39 is 5.97 Å². The first-order valence-corrected chi connectivity index (χ1v) is 9.74. The van der Waals surface area contributed by atoms with Crippen molar-refractivity contribution in [1.82, 2.24) is 0 Å². The largest absolute Gasteiger partial charge is 0.462 e. The number of nitrogens with one attached hydrogen (secondary N) is 1. The van der Waals surface area contributed by atoms with E-state index in [0.717, 1.165) is 22.2 Å². The fourth-order valence-corrected chi connectivity index (χ4v) is 4.27.